The number of ether oxygens (including phenoxy) is 3. The van der Waals surface area contributed by atoms with Gasteiger partial charge in [-0.05, 0) is 41.8 Å². The molecule has 0 bridgehead atoms. The second-order valence-electron chi connectivity index (χ2n) is 4.70. The van der Waals surface area contributed by atoms with Gasteiger partial charge in [0.15, 0.2) is 5.78 Å². The van der Waals surface area contributed by atoms with Crippen molar-refractivity contribution in [3.63, 3.8) is 0 Å². The van der Waals surface area contributed by atoms with Crippen molar-refractivity contribution in [2.24, 2.45) is 0 Å². The van der Waals surface area contributed by atoms with Crippen LogP contribution >= 0.6 is 15.9 Å². The zero-order valence-electron chi connectivity index (χ0n) is 11.3. The SMILES string of the molecule is COc1cc(Br)c(C(=O)C2(C)CCCO2)c(OC)c1. The van der Waals surface area contributed by atoms with Crippen molar-refractivity contribution in [2.75, 3.05) is 20.8 Å². The molecular weight excluding hydrogens is 312 g/mol. The zero-order chi connectivity index (χ0) is 14.0. The molecule has 0 amide bonds. The average molecular weight is 329 g/mol. The van der Waals surface area contributed by atoms with Gasteiger partial charge in [-0.25, -0.2) is 0 Å². The molecule has 0 saturated carbocycles. The molecule has 104 valence electrons. The van der Waals surface area contributed by atoms with Gasteiger partial charge in [0.05, 0.1) is 19.8 Å². The highest BCUT2D eigenvalue weighted by atomic mass is 79.9. The minimum absolute atomic E-state index is 0.0589. The zero-order valence-corrected chi connectivity index (χ0v) is 12.9. The molecule has 1 aromatic rings. The smallest absolute Gasteiger partial charge is 0.199 e. The summed E-state index contributed by atoms with van der Waals surface area (Å²) in [5.41, 5.74) is -0.252. The Kier molecular flexibility index (Phi) is 4.16. The number of hydrogen-bond acceptors (Lipinski definition) is 4. The van der Waals surface area contributed by atoms with Crippen molar-refractivity contribution in [1.29, 1.82) is 0 Å². The van der Waals surface area contributed by atoms with Gasteiger partial charge in [-0.3, -0.25) is 4.79 Å². The van der Waals surface area contributed by atoms with E-state index in [1.807, 2.05) is 6.92 Å². The van der Waals surface area contributed by atoms with Crippen LogP contribution in [0.25, 0.3) is 0 Å². The molecule has 0 N–H and O–H groups in total. The van der Waals surface area contributed by atoms with Crippen LogP contribution in [0, 0.1) is 0 Å². The van der Waals surface area contributed by atoms with Crippen LogP contribution in [0.1, 0.15) is 30.1 Å². The molecule has 2 rings (SSSR count). The molecule has 1 aliphatic rings. The van der Waals surface area contributed by atoms with E-state index in [1.165, 1.54) is 7.11 Å². The lowest BCUT2D eigenvalue weighted by Crippen LogP contribution is -2.34. The van der Waals surface area contributed by atoms with E-state index in [-0.39, 0.29) is 5.78 Å². The monoisotopic (exact) mass is 328 g/mol. The fourth-order valence-corrected chi connectivity index (χ4v) is 2.88. The van der Waals surface area contributed by atoms with Crippen LogP contribution in [0.4, 0.5) is 0 Å². The van der Waals surface area contributed by atoms with E-state index in [2.05, 4.69) is 15.9 Å². The van der Waals surface area contributed by atoms with Crippen molar-refractivity contribution in [2.45, 2.75) is 25.4 Å². The van der Waals surface area contributed by atoms with E-state index in [9.17, 15) is 4.79 Å². The summed E-state index contributed by atoms with van der Waals surface area (Å²) in [5.74, 6) is 1.07. The third-order valence-electron chi connectivity index (χ3n) is 3.41. The van der Waals surface area contributed by atoms with Gasteiger partial charge in [0, 0.05) is 17.1 Å². The number of carbonyl (C=O) groups is 1. The van der Waals surface area contributed by atoms with E-state index >= 15 is 0 Å². The van der Waals surface area contributed by atoms with Gasteiger partial charge in [-0.15, -0.1) is 0 Å². The molecule has 1 aromatic carbocycles. The number of hydrogen-bond donors (Lipinski definition) is 0. The summed E-state index contributed by atoms with van der Waals surface area (Å²) in [5, 5.41) is 0. The molecular formula is C14H17BrO4. The minimum atomic E-state index is -0.760. The van der Waals surface area contributed by atoms with Crippen LogP contribution in [-0.4, -0.2) is 32.2 Å². The number of ketones is 1. The van der Waals surface area contributed by atoms with E-state index < -0.39 is 5.60 Å². The van der Waals surface area contributed by atoms with E-state index in [4.69, 9.17) is 14.2 Å². The Hall–Kier alpha value is -1.07. The quantitative estimate of drug-likeness (QED) is 0.796. The predicted molar refractivity (Wildman–Crippen MR) is 75.2 cm³/mol. The Morgan fingerprint density at radius 1 is 1.37 bits per heavy atom. The fraction of sp³-hybridized carbons (Fsp3) is 0.500. The van der Waals surface area contributed by atoms with Gasteiger partial charge < -0.3 is 14.2 Å². The first-order valence-electron chi connectivity index (χ1n) is 6.12. The first kappa shape index (κ1) is 14.3. The maximum Gasteiger partial charge on any atom is 0.199 e. The summed E-state index contributed by atoms with van der Waals surface area (Å²) in [4.78, 5) is 12.7. The summed E-state index contributed by atoms with van der Waals surface area (Å²) < 4.78 is 16.7. The van der Waals surface area contributed by atoms with Crippen LogP contribution < -0.4 is 9.47 Å². The molecule has 1 unspecified atom stereocenters. The predicted octanol–water partition coefficient (Wildman–Crippen LogP) is 3.22. The molecule has 5 heteroatoms. The highest BCUT2D eigenvalue weighted by molar-refractivity contribution is 9.10. The Balaban J connectivity index is 2.46. The van der Waals surface area contributed by atoms with Crippen LogP contribution in [0.3, 0.4) is 0 Å². The van der Waals surface area contributed by atoms with Crippen molar-refractivity contribution < 1.29 is 19.0 Å². The molecule has 0 radical (unpaired) electrons. The number of carbonyl (C=O) groups excluding carboxylic acids is 1. The van der Waals surface area contributed by atoms with Gasteiger partial charge in [-0.2, -0.15) is 0 Å². The third-order valence-corrected chi connectivity index (χ3v) is 4.03. The minimum Gasteiger partial charge on any atom is -0.497 e. The number of Topliss-reactive ketones (excluding diaryl/α,β-unsaturated/α-hetero) is 1. The summed E-state index contributed by atoms with van der Waals surface area (Å²) >= 11 is 3.42. The van der Waals surface area contributed by atoms with E-state index in [0.29, 0.717) is 28.1 Å². The molecule has 19 heavy (non-hydrogen) atoms. The normalized spacial score (nSPS) is 22.3. The lowest BCUT2D eigenvalue weighted by Gasteiger charge is -2.23. The highest BCUT2D eigenvalue weighted by Crippen LogP contribution is 2.38. The fourth-order valence-electron chi connectivity index (χ4n) is 2.28. The topological polar surface area (TPSA) is 44.8 Å². The van der Waals surface area contributed by atoms with Gasteiger partial charge in [-0.1, -0.05) is 0 Å². The molecule has 1 heterocycles. The van der Waals surface area contributed by atoms with Crippen LogP contribution in [0.2, 0.25) is 0 Å². The van der Waals surface area contributed by atoms with Crippen molar-refractivity contribution in [1.82, 2.24) is 0 Å². The summed E-state index contributed by atoms with van der Waals surface area (Å²) in [7, 11) is 3.11. The third kappa shape index (κ3) is 2.62. The lowest BCUT2D eigenvalue weighted by molar-refractivity contribution is 0.0210. The maximum absolute atomic E-state index is 12.7. The molecule has 0 aromatic heterocycles. The first-order chi connectivity index (χ1) is 9.01. The largest absolute Gasteiger partial charge is 0.497 e. The van der Waals surface area contributed by atoms with Crippen LogP contribution in [-0.2, 0) is 4.74 Å². The molecule has 0 spiro atoms. The van der Waals surface area contributed by atoms with Crippen molar-refractivity contribution >= 4 is 21.7 Å². The first-order valence-corrected chi connectivity index (χ1v) is 6.91. The highest BCUT2D eigenvalue weighted by Gasteiger charge is 2.40. The van der Waals surface area contributed by atoms with Gasteiger partial charge in [0.1, 0.15) is 17.1 Å². The van der Waals surface area contributed by atoms with Crippen LogP contribution in [0.15, 0.2) is 16.6 Å². The van der Waals surface area contributed by atoms with E-state index in [0.717, 1.165) is 12.8 Å². The van der Waals surface area contributed by atoms with Gasteiger partial charge in [0.25, 0.3) is 0 Å². The Labute approximate surface area is 121 Å². The number of rotatable bonds is 4. The summed E-state index contributed by atoms with van der Waals surface area (Å²) in [6.07, 6.45) is 1.63. The van der Waals surface area contributed by atoms with Crippen molar-refractivity contribution in [3.8, 4) is 11.5 Å². The van der Waals surface area contributed by atoms with E-state index in [1.54, 1.807) is 19.2 Å². The molecule has 1 saturated heterocycles. The Morgan fingerprint density at radius 3 is 2.63 bits per heavy atom. The molecule has 0 aliphatic carbocycles. The summed E-state index contributed by atoms with van der Waals surface area (Å²) in [6.45, 7) is 2.46. The molecule has 1 aliphatic heterocycles. The Bertz CT molecular complexity index is 492. The second-order valence-corrected chi connectivity index (χ2v) is 5.55. The Morgan fingerprint density at radius 2 is 2.11 bits per heavy atom. The maximum atomic E-state index is 12.7. The molecule has 1 fully saturated rings. The average Bonchev–Trinajstić information content (AvgIpc) is 2.85. The van der Waals surface area contributed by atoms with Crippen molar-refractivity contribution in [3.05, 3.63) is 22.2 Å². The van der Waals surface area contributed by atoms with Gasteiger partial charge >= 0.3 is 0 Å². The number of benzene rings is 1. The number of methoxy groups -OCH3 is 2. The van der Waals surface area contributed by atoms with Crippen LogP contribution in [0.5, 0.6) is 11.5 Å². The second kappa shape index (κ2) is 5.51. The summed E-state index contributed by atoms with van der Waals surface area (Å²) in [6, 6.07) is 3.46. The van der Waals surface area contributed by atoms with Gasteiger partial charge in [0.2, 0.25) is 0 Å². The standard InChI is InChI=1S/C14H17BrO4/c1-14(5-4-6-19-14)13(16)12-10(15)7-9(17-2)8-11(12)18-3/h7-8H,4-6H2,1-3H3. The molecule has 4 nitrogen and oxygen atoms in total. The lowest BCUT2D eigenvalue weighted by atomic mass is 9.91. The number of halogens is 1. The molecule has 1 atom stereocenters.